The summed E-state index contributed by atoms with van der Waals surface area (Å²) in [4.78, 5) is 11.1. The highest BCUT2D eigenvalue weighted by molar-refractivity contribution is 5.75. The monoisotopic (exact) mass is 220 g/mol. The second kappa shape index (κ2) is 7.18. The van der Waals surface area contributed by atoms with Gasteiger partial charge in [0, 0.05) is 13.0 Å². The van der Waals surface area contributed by atoms with Gasteiger partial charge >= 0.3 is 0 Å². The van der Waals surface area contributed by atoms with Gasteiger partial charge in [0.25, 0.3) is 0 Å². The molecule has 1 unspecified atom stereocenters. The summed E-state index contributed by atoms with van der Waals surface area (Å²) in [6, 6.07) is 10.3. The van der Waals surface area contributed by atoms with Crippen LogP contribution in [0.4, 0.5) is 0 Å². The van der Waals surface area contributed by atoms with Gasteiger partial charge in [-0.3, -0.25) is 4.79 Å². The zero-order chi connectivity index (χ0) is 11.8. The van der Waals surface area contributed by atoms with E-state index < -0.39 is 0 Å². The number of carbonyl (C=O) groups is 1. The molecule has 0 fully saturated rings. The molecule has 1 rings (SSSR count). The van der Waals surface area contributed by atoms with Gasteiger partial charge in [-0.25, -0.2) is 0 Å². The molecule has 0 saturated carbocycles. The number of benzene rings is 1. The van der Waals surface area contributed by atoms with Crippen LogP contribution in [-0.4, -0.2) is 18.5 Å². The minimum Gasteiger partial charge on any atom is -0.378 e. The number of aryl methyl sites for hydroxylation is 1. The lowest BCUT2D eigenvalue weighted by Gasteiger charge is -2.15. The van der Waals surface area contributed by atoms with Gasteiger partial charge in [-0.15, -0.1) is 0 Å². The van der Waals surface area contributed by atoms with E-state index >= 15 is 0 Å². The molecule has 0 aliphatic carbocycles. The van der Waals surface area contributed by atoms with E-state index in [1.54, 1.807) is 6.92 Å². The summed E-state index contributed by atoms with van der Waals surface area (Å²) in [5, 5.41) is 0. The Bertz CT molecular complexity index is 306. The molecule has 0 radical (unpaired) electrons. The number of hydrogen-bond acceptors (Lipinski definition) is 2. The highest BCUT2D eigenvalue weighted by Gasteiger charge is 2.11. The summed E-state index contributed by atoms with van der Waals surface area (Å²) < 4.78 is 5.55. The Morgan fingerprint density at radius 2 is 2.00 bits per heavy atom. The molecule has 1 aromatic carbocycles. The molecule has 0 amide bonds. The van der Waals surface area contributed by atoms with Gasteiger partial charge in [0.05, 0.1) is 6.10 Å². The average molecular weight is 220 g/mol. The number of ether oxygens (including phenoxy) is 1. The minimum absolute atomic E-state index is 0.0720. The molecule has 0 heterocycles. The van der Waals surface area contributed by atoms with Crippen LogP contribution in [0.25, 0.3) is 0 Å². The first-order valence-corrected chi connectivity index (χ1v) is 5.87. The number of carbonyl (C=O) groups excluding carboxylic acids is 1. The molecular weight excluding hydrogens is 200 g/mol. The van der Waals surface area contributed by atoms with E-state index in [-0.39, 0.29) is 11.9 Å². The maximum atomic E-state index is 11.1. The van der Waals surface area contributed by atoms with E-state index in [2.05, 4.69) is 12.1 Å². The van der Waals surface area contributed by atoms with Crippen LogP contribution in [-0.2, 0) is 16.0 Å². The zero-order valence-corrected chi connectivity index (χ0v) is 10.1. The molecule has 0 N–H and O–H groups in total. The van der Waals surface area contributed by atoms with Gasteiger partial charge in [0.2, 0.25) is 0 Å². The molecule has 2 nitrogen and oxygen atoms in total. The Balaban J connectivity index is 2.40. The van der Waals surface area contributed by atoms with Crippen LogP contribution in [0.15, 0.2) is 30.3 Å². The molecular formula is C14H20O2. The van der Waals surface area contributed by atoms with Gasteiger partial charge in [-0.1, -0.05) is 30.3 Å². The predicted octanol–water partition coefficient (Wildman–Crippen LogP) is 3.00. The summed E-state index contributed by atoms with van der Waals surface area (Å²) in [6.45, 7) is 4.26. The van der Waals surface area contributed by atoms with Crippen molar-refractivity contribution in [1.29, 1.82) is 0 Å². The van der Waals surface area contributed by atoms with E-state index in [1.165, 1.54) is 5.56 Å². The smallest absolute Gasteiger partial charge is 0.132 e. The van der Waals surface area contributed by atoms with Gasteiger partial charge in [-0.2, -0.15) is 0 Å². The highest BCUT2D eigenvalue weighted by atomic mass is 16.5. The summed E-state index contributed by atoms with van der Waals surface area (Å²) in [5.41, 5.74) is 1.30. The summed E-state index contributed by atoms with van der Waals surface area (Å²) in [6.07, 6.45) is 2.49. The Labute approximate surface area is 97.6 Å². The molecule has 0 bridgehead atoms. The lowest BCUT2D eigenvalue weighted by Crippen LogP contribution is -2.17. The zero-order valence-electron chi connectivity index (χ0n) is 10.1. The van der Waals surface area contributed by atoms with Crippen molar-refractivity contribution in [3.63, 3.8) is 0 Å². The Kier molecular flexibility index (Phi) is 5.79. The third-order valence-electron chi connectivity index (χ3n) is 2.52. The first-order valence-electron chi connectivity index (χ1n) is 5.87. The van der Waals surface area contributed by atoms with Crippen LogP contribution < -0.4 is 0 Å². The lowest BCUT2D eigenvalue weighted by atomic mass is 10.0. The molecule has 16 heavy (non-hydrogen) atoms. The van der Waals surface area contributed by atoms with Crippen LogP contribution in [0.3, 0.4) is 0 Å². The molecule has 1 aromatic rings. The Hall–Kier alpha value is -1.15. The third kappa shape index (κ3) is 5.08. The Morgan fingerprint density at radius 3 is 2.56 bits per heavy atom. The molecule has 88 valence electrons. The third-order valence-corrected chi connectivity index (χ3v) is 2.52. The molecule has 2 heteroatoms. The Morgan fingerprint density at radius 1 is 1.31 bits per heavy atom. The van der Waals surface area contributed by atoms with Gasteiger partial charge in [0.15, 0.2) is 0 Å². The largest absolute Gasteiger partial charge is 0.378 e. The van der Waals surface area contributed by atoms with Crippen LogP contribution >= 0.6 is 0 Å². The molecule has 0 saturated heterocycles. The van der Waals surface area contributed by atoms with Crippen LogP contribution in [0.2, 0.25) is 0 Å². The molecule has 1 atom stereocenters. The second-order valence-corrected chi connectivity index (χ2v) is 4.01. The van der Waals surface area contributed by atoms with Gasteiger partial charge in [-0.05, 0) is 32.3 Å². The molecule has 0 spiro atoms. The van der Waals surface area contributed by atoms with Crippen molar-refractivity contribution in [2.24, 2.45) is 0 Å². The van der Waals surface area contributed by atoms with E-state index in [0.29, 0.717) is 13.0 Å². The fraction of sp³-hybridized carbons (Fsp3) is 0.500. The van der Waals surface area contributed by atoms with Crippen molar-refractivity contribution in [1.82, 2.24) is 0 Å². The van der Waals surface area contributed by atoms with Gasteiger partial charge < -0.3 is 4.74 Å². The van der Waals surface area contributed by atoms with E-state index in [9.17, 15) is 4.79 Å². The van der Waals surface area contributed by atoms with Crippen LogP contribution in [0, 0.1) is 0 Å². The fourth-order valence-electron chi connectivity index (χ4n) is 1.77. The van der Waals surface area contributed by atoms with E-state index in [4.69, 9.17) is 4.74 Å². The first-order chi connectivity index (χ1) is 7.72. The topological polar surface area (TPSA) is 26.3 Å². The molecule has 0 aliphatic rings. The van der Waals surface area contributed by atoms with Crippen molar-refractivity contribution in [3.8, 4) is 0 Å². The first kappa shape index (κ1) is 12.9. The SMILES string of the molecule is CCOC(CCc1ccccc1)CC(C)=O. The summed E-state index contributed by atoms with van der Waals surface area (Å²) in [7, 11) is 0. The van der Waals surface area contributed by atoms with Gasteiger partial charge in [0.1, 0.15) is 5.78 Å². The van der Waals surface area contributed by atoms with Crippen molar-refractivity contribution >= 4 is 5.78 Å². The highest BCUT2D eigenvalue weighted by Crippen LogP contribution is 2.10. The van der Waals surface area contributed by atoms with Crippen LogP contribution in [0.5, 0.6) is 0 Å². The predicted molar refractivity (Wildman–Crippen MR) is 65.5 cm³/mol. The maximum absolute atomic E-state index is 11.1. The number of rotatable bonds is 7. The quantitative estimate of drug-likeness (QED) is 0.706. The van der Waals surface area contributed by atoms with Crippen molar-refractivity contribution in [2.45, 2.75) is 39.2 Å². The second-order valence-electron chi connectivity index (χ2n) is 4.01. The molecule has 0 aliphatic heterocycles. The van der Waals surface area contributed by atoms with Crippen molar-refractivity contribution in [3.05, 3.63) is 35.9 Å². The van der Waals surface area contributed by atoms with E-state index in [0.717, 1.165) is 12.8 Å². The normalized spacial score (nSPS) is 12.4. The number of hydrogen-bond donors (Lipinski definition) is 0. The van der Waals surface area contributed by atoms with Crippen LogP contribution in [0.1, 0.15) is 32.3 Å². The maximum Gasteiger partial charge on any atom is 0.132 e. The standard InChI is InChI=1S/C14H20O2/c1-3-16-14(11-12(2)15)10-9-13-7-5-4-6-8-13/h4-8,14H,3,9-11H2,1-2H3. The average Bonchev–Trinajstić information content (AvgIpc) is 2.27. The van der Waals surface area contributed by atoms with E-state index in [1.807, 2.05) is 25.1 Å². The van der Waals surface area contributed by atoms with Crippen molar-refractivity contribution in [2.75, 3.05) is 6.61 Å². The summed E-state index contributed by atoms with van der Waals surface area (Å²) >= 11 is 0. The summed E-state index contributed by atoms with van der Waals surface area (Å²) in [5.74, 6) is 0.200. The molecule has 0 aromatic heterocycles. The number of ketones is 1. The number of Topliss-reactive ketones (excluding diaryl/α,β-unsaturated/α-hetero) is 1. The minimum atomic E-state index is 0.0720. The fourth-order valence-corrected chi connectivity index (χ4v) is 1.77. The lowest BCUT2D eigenvalue weighted by molar-refractivity contribution is -0.119. The van der Waals surface area contributed by atoms with Crippen molar-refractivity contribution < 1.29 is 9.53 Å².